The molecule has 1 fully saturated rings. The molecular formula is C25H24N2O5. The highest BCUT2D eigenvalue weighted by Crippen LogP contribution is 2.44. The minimum absolute atomic E-state index is 0.0169. The number of carboxylic acids is 1. The molecule has 3 atom stereocenters. The van der Waals surface area contributed by atoms with Crippen molar-refractivity contribution in [3.63, 3.8) is 0 Å². The number of carbonyl (C=O) groups is 3. The first-order valence-corrected chi connectivity index (χ1v) is 10.5. The number of benzene rings is 2. The van der Waals surface area contributed by atoms with Gasteiger partial charge in [-0.25, -0.2) is 9.59 Å². The average Bonchev–Trinajstić information content (AvgIpc) is 3.51. The second kappa shape index (κ2) is 9.15. The molecule has 0 aromatic heterocycles. The van der Waals surface area contributed by atoms with Crippen LogP contribution in [0.25, 0.3) is 11.1 Å². The van der Waals surface area contributed by atoms with Crippen molar-refractivity contribution in [3.8, 4) is 23.5 Å². The number of aliphatic carboxylic acids is 1. The molecule has 0 aliphatic heterocycles. The summed E-state index contributed by atoms with van der Waals surface area (Å²) in [4.78, 5) is 35.6. The molecule has 1 unspecified atom stereocenters. The first-order valence-electron chi connectivity index (χ1n) is 10.5. The quantitative estimate of drug-likeness (QED) is 0.557. The number of nitrogens with one attached hydrogen (secondary N) is 2. The molecule has 1 saturated carbocycles. The Kier molecular flexibility index (Phi) is 6.13. The van der Waals surface area contributed by atoms with E-state index in [1.807, 2.05) is 24.3 Å². The van der Waals surface area contributed by atoms with Crippen LogP contribution in [-0.2, 0) is 14.3 Å². The van der Waals surface area contributed by atoms with Gasteiger partial charge < -0.3 is 20.5 Å². The Labute approximate surface area is 186 Å². The third kappa shape index (κ3) is 4.45. The van der Waals surface area contributed by atoms with Gasteiger partial charge >= 0.3 is 12.1 Å². The number of amides is 2. The van der Waals surface area contributed by atoms with Crippen molar-refractivity contribution in [1.29, 1.82) is 0 Å². The fourth-order valence-corrected chi connectivity index (χ4v) is 4.25. The summed E-state index contributed by atoms with van der Waals surface area (Å²) in [5.74, 6) is 0.337. The monoisotopic (exact) mass is 432 g/mol. The molecule has 7 heteroatoms. The highest BCUT2D eigenvalue weighted by atomic mass is 16.5. The number of terminal acetylenes is 1. The van der Waals surface area contributed by atoms with Gasteiger partial charge in [-0.1, -0.05) is 48.5 Å². The van der Waals surface area contributed by atoms with Gasteiger partial charge in [-0.2, -0.15) is 0 Å². The number of carboxylic acid groups (broad SMARTS) is 1. The number of rotatable bonds is 8. The predicted octanol–water partition coefficient (Wildman–Crippen LogP) is 2.75. The summed E-state index contributed by atoms with van der Waals surface area (Å²) in [6, 6.07) is 15.1. The van der Waals surface area contributed by atoms with Crippen molar-refractivity contribution in [1.82, 2.24) is 10.6 Å². The third-order valence-corrected chi connectivity index (χ3v) is 6.05. The Morgan fingerprint density at radius 3 is 2.31 bits per heavy atom. The van der Waals surface area contributed by atoms with Crippen LogP contribution in [0.2, 0.25) is 0 Å². The predicted molar refractivity (Wildman–Crippen MR) is 118 cm³/mol. The van der Waals surface area contributed by atoms with Crippen LogP contribution in [0.3, 0.4) is 0 Å². The average molecular weight is 432 g/mol. The normalized spacial score (nSPS) is 19.1. The van der Waals surface area contributed by atoms with Crippen molar-refractivity contribution in [2.45, 2.75) is 24.8 Å². The molecule has 2 aliphatic carbocycles. The zero-order valence-corrected chi connectivity index (χ0v) is 17.4. The Bertz CT molecular complexity index is 1040. The van der Waals surface area contributed by atoms with Crippen LogP contribution < -0.4 is 10.6 Å². The Balaban J connectivity index is 1.25. The van der Waals surface area contributed by atoms with E-state index in [0.717, 1.165) is 22.3 Å². The fourth-order valence-electron chi connectivity index (χ4n) is 4.25. The van der Waals surface area contributed by atoms with Gasteiger partial charge in [0, 0.05) is 24.8 Å². The van der Waals surface area contributed by atoms with Crippen molar-refractivity contribution >= 4 is 18.0 Å². The third-order valence-electron chi connectivity index (χ3n) is 6.05. The van der Waals surface area contributed by atoms with Crippen LogP contribution in [0.5, 0.6) is 0 Å². The molecular weight excluding hydrogens is 408 g/mol. The van der Waals surface area contributed by atoms with Crippen LogP contribution in [0.4, 0.5) is 4.79 Å². The summed E-state index contributed by atoms with van der Waals surface area (Å²) in [6.45, 7) is 0.516. The van der Waals surface area contributed by atoms with E-state index >= 15 is 0 Å². The van der Waals surface area contributed by atoms with E-state index in [-0.39, 0.29) is 36.7 Å². The topological polar surface area (TPSA) is 105 Å². The molecule has 2 aromatic carbocycles. The molecule has 0 radical (unpaired) electrons. The molecule has 2 aliphatic rings. The second-order valence-electron chi connectivity index (χ2n) is 8.12. The van der Waals surface area contributed by atoms with E-state index in [0.29, 0.717) is 13.0 Å². The molecule has 0 spiro atoms. The summed E-state index contributed by atoms with van der Waals surface area (Å²) in [7, 11) is 0. The van der Waals surface area contributed by atoms with Gasteiger partial charge in [0.05, 0.1) is 0 Å². The van der Waals surface area contributed by atoms with Crippen molar-refractivity contribution < 1.29 is 24.2 Å². The summed E-state index contributed by atoms with van der Waals surface area (Å²) in [5.41, 5.74) is 4.60. The van der Waals surface area contributed by atoms with Gasteiger partial charge in [0.15, 0.2) is 0 Å². The summed E-state index contributed by atoms with van der Waals surface area (Å²) >= 11 is 0. The van der Waals surface area contributed by atoms with Gasteiger partial charge in [0.2, 0.25) is 5.91 Å². The first-order chi connectivity index (χ1) is 15.5. The highest BCUT2D eigenvalue weighted by molar-refractivity contribution is 5.87. The van der Waals surface area contributed by atoms with Gasteiger partial charge in [-0.15, -0.1) is 12.3 Å². The molecule has 3 N–H and O–H groups in total. The molecule has 164 valence electrons. The lowest BCUT2D eigenvalue weighted by Crippen LogP contribution is -2.41. The van der Waals surface area contributed by atoms with Crippen molar-refractivity contribution in [2.75, 3.05) is 13.2 Å². The number of fused-ring (bicyclic) bond motifs is 3. The summed E-state index contributed by atoms with van der Waals surface area (Å²) < 4.78 is 5.49. The zero-order chi connectivity index (χ0) is 22.7. The minimum Gasteiger partial charge on any atom is -0.480 e. The molecule has 32 heavy (non-hydrogen) atoms. The van der Waals surface area contributed by atoms with E-state index < -0.39 is 18.1 Å². The van der Waals surface area contributed by atoms with E-state index in [2.05, 4.69) is 40.8 Å². The van der Waals surface area contributed by atoms with E-state index in [4.69, 9.17) is 16.3 Å². The van der Waals surface area contributed by atoms with Gasteiger partial charge in [-0.3, -0.25) is 4.79 Å². The van der Waals surface area contributed by atoms with Gasteiger partial charge in [-0.05, 0) is 34.6 Å². The SMILES string of the molecule is C#CCC(NC(=O)[C@H]1C[C@H]1CNC(=O)OCC1c2ccccc2-c2ccccc21)C(=O)O. The molecule has 0 saturated heterocycles. The molecule has 2 aromatic rings. The lowest BCUT2D eigenvalue weighted by molar-refractivity contribution is -0.141. The molecule has 0 heterocycles. The van der Waals surface area contributed by atoms with Gasteiger partial charge in [0.25, 0.3) is 0 Å². The van der Waals surface area contributed by atoms with E-state index in [9.17, 15) is 14.4 Å². The standard InChI is InChI=1S/C25H24N2O5/c1-2-7-22(24(29)30)27-23(28)20-12-15(20)13-26-25(31)32-14-21-18-10-5-3-8-16(18)17-9-4-6-11-19(17)21/h1,3-6,8-11,15,20-22H,7,12-14H2,(H,26,31)(H,27,28)(H,29,30)/t15-,20-,22?/m0/s1. The van der Waals surface area contributed by atoms with Crippen molar-refractivity contribution in [2.24, 2.45) is 11.8 Å². The zero-order valence-electron chi connectivity index (χ0n) is 17.4. The number of ether oxygens (including phenoxy) is 1. The summed E-state index contributed by atoms with van der Waals surface area (Å²) in [5, 5.41) is 14.3. The number of hydrogen-bond acceptors (Lipinski definition) is 4. The van der Waals surface area contributed by atoms with Crippen LogP contribution in [0.1, 0.15) is 29.9 Å². The second-order valence-corrected chi connectivity index (χ2v) is 8.12. The van der Waals surface area contributed by atoms with Crippen LogP contribution >= 0.6 is 0 Å². The number of hydrogen-bond donors (Lipinski definition) is 3. The Morgan fingerprint density at radius 1 is 1.09 bits per heavy atom. The lowest BCUT2D eigenvalue weighted by Gasteiger charge is -2.14. The number of alkyl carbamates (subject to hydrolysis) is 1. The van der Waals surface area contributed by atoms with Crippen molar-refractivity contribution in [3.05, 3.63) is 59.7 Å². The van der Waals surface area contributed by atoms with E-state index in [1.54, 1.807) is 0 Å². The molecule has 4 rings (SSSR count). The molecule has 2 amide bonds. The molecule has 0 bridgehead atoms. The van der Waals surface area contributed by atoms with E-state index in [1.165, 1.54) is 0 Å². The lowest BCUT2D eigenvalue weighted by atomic mass is 9.98. The fraction of sp³-hybridized carbons (Fsp3) is 0.320. The van der Waals surface area contributed by atoms with Crippen LogP contribution in [0, 0.1) is 24.2 Å². The largest absolute Gasteiger partial charge is 0.480 e. The maximum Gasteiger partial charge on any atom is 0.407 e. The Hall–Kier alpha value is -3.79. The smallest absolute Gasteiger partial charge is 0.407 e. The number of carbonyl (C=O) groups excluding carboxylic acids is 2. The van der Waals surface area contributed by atoms with Crippen LogP contribution in [0.15, 0.2) is 48.5 Å². The Morgan fingerprint density at radius 2 is 1.72 bits per heavy atom. The maximum absolute atomic E-state index is 12.3. The molecule has 7 nitrogen and oxygen atoms in total. The first kappa shape index (κ1) is 21.4. The van der Waals surface area contributed by atoms with Crippen LogP contribution in [-0.4, -0.2) is 42.3 Å². The highest BCUT2D eigenvalue weighted by Gasteiger charge is 2.44. The summed E-state index contributed by atoms with van der Waals surface area (Å²) in [6.07, 6.45) is 5.12. The maximum atomic E-state index is 12.3. The minimum atomic E-state index is -1.16. The van der Waals surface area contributed by atoms with Gasteiger partial charge in [0.1, 0.15) is 12.6 Å².